The number of halogens is 1. The standard InChI is InChI=1S/C25H25FN2O3S/c1-3-31-20-10-5-4-9-19(20)27-24(30)22-18-12-11-15(2)13-21(18)32-25(22)28-23(29)16-7-6-8-17(26)14-16/h4-10,14-15H,3,11-13H2,1-2H3,(H,27,30)(H,28,29)/t15-/m1/s1. The molecule has 0 fully saturated rings. The Morgan fingerprint density at radius 2 is 1.94 bits per heavy atom. The van der Waals surface area contributed by atoms with Gasteiger partial charge < -0.3 is 15.4 Å². The first-order valence-electron chi connectivity index (χ1n) is 10.7. The number of ether oxygens (including phenoxy) is 1. The SMILES string of the molecule is CCOc1ccccc1NC(=O)c1c(NC(=O)c2cccc(F)c2)sc2c1CC[C@@H](C)C2. The number of carbonyl (C=O) groups is 2. The van der Waals surface area contributed by atoms with Crippen LogP contribution < -0.4 is 15.4 Å². The molecular formula is C25H25FN2O3S. The first-order valence-corrected chi connectivity index (χ1v) is 11.5. The van der Waals surface area contributed by atoms with Gasteiger partial charge >= 0.3 is 0 Å². The van der Waals surface area contributed by atoms with E-state index in [2.05, 4.69) is 17.6 Å². The van der Waals surface area contributed by atoms with Crippen molar-refractivity contribution < 1.29 is 18.7 Å². The maximum absolute atomic E-state index is 13.6. The van der Waals surface area contributed by atoms with Crippen LogP contribution in [-0.2, 0) is 12.8 Å². The molecular weight excluding hydrogens is 427 g/mol. The molecule has 0 aliphatic heterocycles. The van der Waals surface area contributed by atoms with Crippen molar-refractivity contribution in [2.24, 2.45) is 5.92 Å². The number of benzene rings is 2. The van der Waals surface area contributed by atoms with Gasteiger partial charge in [-0.3, -0.25) is 9.59 Å². The van der Waals surface area contributed by atoms with Gasteiger partial charge in [-0.1, -0.05) is 25.1 Å². The molecule has 2 aromatic carbocycles. The molecule has 5 nitrogen and oxygen atoms in total. The lowest BCUT2D eigenvalue weighted by molar-refractivity contribution is 0.102. The summed E-state index contributed by atoms with van der Waals surface area (Å²) in [6, 6.07) is 12.8. The lowest BCUT2D eigenvalue weighted by atomic mass is 9.88. The number of thiophene rings is 1. The summed E-state index contributed by atoms with van der Waals surface area (Å²) in [5.41, 5.74) is 2.24. The first-order chi connectivity index (χ1) is 15.5. The molecule has 2 amide bonds. The van der Waals surface area contributed by atoms with Crippen LogP contribution in [0.15, 0.2) is 48.5 Å². The highest BCUT2D eigenvalue weighted by Crippen LogP contribution is 2.40. The number of hydrogen-bond donors (Lipinski definition) is 2. The van der Waals surface area contributed by atoms with Gasteiger partial charge in [0.2, 0.25) is 0 Å². The lowest BCUT2D eigenvalue weighted by Gasteiger charge is -2.19. The van der Waals surface area contributed by atoms with Crippen molar-refractivity contribution in [3.8, 4) is 5.75 Å². The minimum atomic E-state index is -0.484. The minimum Gasteiger partial charge on any atom is -0.492 e. The fourth-order valence-electron chi connectivity index (χ4n) is 3.92. The Kier molecular flexibility index (Phi) is 6.55. The van der Waals surface area contributed by atoms with Gasteiger partial charge in [0, 0.05) is 10.4 Å². The van der Waals surface area contributed by atoms with Crippen LogP contribution >= 0.6 is 11.3 Å². The number of rotatable bonds is 6. The molecule has 2 N–H and O–H groups in total. The van der Waals surface area contributed by atoms with E-state index in [1.807, 2.05) is 19.1 Å². The van der Waals surface area contributed by atoms with Crippen LogP contribution in [0.1, 0.15) is 51.4 Å². The molecule has 1 aliphatic carbocycles. The summed E-state index contributed by atoms with van der Waals surface area (Å²) in [5.74, 6) is -0.116. The Labute approximate surface area is 190 Å². The highest BCUT2D eigenvalue weighted by atomic mass is 32.1. The predicted octanol–water partition coefficient (Wildman–Crippen LogP) is 5.92. The first kappa shape index (κ1) is 22.0. The zero-order chi connectivity index (χ0) is 22.7. The Morgan fingerprint density at radius 3 is 2.72 bits per heavy atom. The fourth-order valence-corrected chi connectivity index (χ4v) is 5.32. The van der Waals surface area contributed by atoms with Crippen molar-refractivity contribution in [2.75, 3.05) is 17.2 Å². The van der Waals surface area contributed by atoms with Crippen molar-refractivity contribution in [1.29, 1.82) is 0 Å². The third-order valence-electron chi connectivity index (χ3n) is 5.49. The van der Waals surface area contributed by atoms with Gasteiger partial charge in [-0.05, 0) is 68.0 Å². The maximum Gasteiger partial charge on any atom is 0.259 e. The summed E-state index contributed by atoms with van der Waals surface area (Å²) in [7, 11) is 0. The zero-order valence-corrected chi connectivity index (χ0v) is 18.9. The van der Waals surface area contributed by atoms with Crippen molar-refractivity contribution in [2.45, 2.75) is 33.1 Å². The average molecular weight is 453 g/mol. The highest BCUT2D eigenvalue weighted by molar-refractivity contribution is 7.17. The van der Waals surface area contributed by atoms with Crippen LogP contribution in [0.5, 0.6) is 5.75 Å². The highest BCUT2D eigenvalue weighted by Gasteiger charge is 2.29. The molecule has 166 valence electrons. The molecule has 0 saturated carbocycles. The molecule has 0 unspecified atom stereocenters. The third kappa shape index (κ3) is 4.67. The van der Waals surface area contributed by atoms with Gasteiger partial charge in [0.1, 0.15) is 16.6 Å². The lowest BCUT2D eigenvalue weighted by Crippen LogP contribution is -2.20. The second kappa shape index (κ2) is 9.53. The van der Waals surface area contributed by atoms with Crippen LogP contribution in [0.25, 0.3) is 0 Å². The quantitative estimate of drug-likeness (QED) is 0.488. The summed E-state index contributed by atoms with van der Waals surface area (Å²) in [4.78, 5) is 27.3. The normalized spacial score (nSPS) is 15.0. The van der Waals surface area contributed by atoms with E-state index in [9.17, 15) is 14.0 Å². The van der Waals surface area contributed by atoms with Gasteiger partial charge in [-0.25, -0.2) is 4.39 Å². The third-order valence-corrected chi connectivity index (χ3v) is 6.66. The average Bonchev–Trinajstić information content (AvgIpc) is 3.12. The van der Waals surface area contributed by atoms with E-state index in [0.29, 0.717) is 34.5 Å². The summed E-state index contributed by atoms with van der Waals surface area (Å²) < 4.78 is 19.2. The smallest absolute Gasteiger partial charge is 0.259 e. The second-order valence-corrected chi connectivity index (χ2v) is 9.01. The molecule has 7 heteroatoms. The van der Waals surface area contributed by atoms with Crippen molar-refractivity contribution in [3.05, 3.63) is 75.9 Å². The number of fused-ring (bicyclic) bond motifs is 1. The molecule has 1 atom stereocenters. The van der Waals surface area contributed by atoms with E-state index < -0.39 is 11.7 Å². The van der Waals surface area contributed by atoms with Crippen LogP contribution in [0.4, 0.5) is 15.1 Å². The van der Waals surface area contributed by atoms with E-state index in [4.69, 9.17) is 4.74 Å². The molecule has 0 bridgehead atoms. The van der Waals surface area contributed by atoms with Gasteiger partial charge in [-0.15, -0.1) is 11.3 Å². The number of carbonyl (C=O) groups excluding carboxylic acids is 2. The fraction of sp³-hybridized carbons (Fsp3) is 0.280. The number of para-hydroxylation sites is 2. The molecule has 1 aliphatic rings. The molecule has 0 spiro atoms. The van der Waals surface area contributed by atoms with Gasteiger partial charge in [0.05, 0.1) is 17.9 Å². The van der Waals surface area contributed by atoms with Crippen molar-refractivity contribution in [3.63, 3.8) is 0 Å². The van der Waals surface area contributed by atoms with Gasteiger partial charge in [0.15, 0.2) is 0 Å². The molecule has 1 aromatic heterocycles. The molecule has 32 heavy (non-hydrogen) atoms. The topological polar surface area (TPSA) is 67.4 Å². The molecule has 1 heterocycles. The Hall–Kier alpha value is -3.19. The molecule has 3 aromatic rings. The summed E-state index contributed by atoms with van der Waals surface area (Å²) in [6.45, 7) is 4.55. The molecule has 4 rings (SSSR count). The van der Waals surface area contributed by atoms with Crippen LogP contribution in [0.3, 0.4) is 0 Å². The van der Waals surface area contributed by atoms with Crippen LogP contribution in [0.2, 0.25) is 0 Å². The van der Waals surface area contributed by atoms with Crippen LogP contribution in [-0.4, -0.2) is 18.4 Å². The monoisotopic (exact) mass is 452 g/mol. The number of amides is 2. The maximum atomic E-state index is 13.6. The van der Waals surface area contributed by atoms with Crippen molar-refractivity contribution >= 4 is 33.8 Å². The summed E-state index contributed by atoms with van der Waals surface area (Å²) in [5, 5.41) is 6.30. The Balaban J connectivity index is 1.67. The van der Waals surface area contributed by atoms with E-state index in [1.54, 1.807) is 18.2 Å². The van der Waals surface area contributed by atoms with E-state index in [-0.39, 0.29) is 11.5 Å². The Morgan fingerprint density at radius 1 is 1.12 bits per heavy atom. The summed E-state index contributed by atoms with van der Waals surface area (Å²) in [6.07, 6.45) is 2.63. The number of anilines is 2. The molecule has 0 saturated heterocycles. The minimum absolute atomic E-state index is 0.206. The Bertz CT molecular complexity index is 1160. The number of hydrogen-bond acceptors (Lipinski definition) is 4. The number of nitrogens with one attached hydrogen (secondary N) is 2. The van der Waals surface area contributed by atoms with Crippen molar-refractivity contribution in [1.82, 2.24) is 0 Å². The van der Waals surface area contributed by atoms with E-state index in [0.717, 1.165) is 29.7 Å². The predicted molar refractivity (Wildman–Crippen MR) is 125 cm³/mol. The summed E-state index contributed by atoms with van der Waals surface area (Å²) >= 11 is 1.43. The largest absolute Gasteiger partial charge is 0.492 e. The van der Waals surface area contributed by atoms with E-state index >= 15 is 0 Å². The second-order valence-electron chi connectivity index (χ2n) is 7.90. The zero-order valence-electron chi connectivity index (χ0n) is 18.0. The molecule has 0 radical (unpaired) electrons. The van der Waals surface area contributed by atoms with E-state index in [1.165, 1.54) is 29.5 Å². The van der Waals surface area contributed by atoms with Gasteiger partial charge in [-0.2, -0.15) is 0 Å². The van der Waals surface area contributed by atoms with Crippen LogP contribution in [0, 0.1) is 11.7 Å². The van der Waals surface area contributed by atoms with Gasteiger partial charge in [0.25, 0.3) is 11.8 Å².